The molecule has 0 unspecified atom stereocenters. The Balaban J connectivity index is 2.52. The summed E-state index contributed by atoms with van der Waals surface area (Å²) >= 11 is 0. The molecule has 10 N–H and O–H groups in total. The van der Waals surface area contributed by atoms with Crippen molar-refractivity contribution < 1.29 is 24.3 Å². The van der Waals surface area contributed by atoms with Gasteiger partial charge in [-0.3, -0.25) is 30.0 Å². The van der Waals surface area contributed by atoms with Gasteiger partial charge in [-0.05, 0) is 19.3 Å². The molecule has 1 heterocycles. The zero-order valence-electron chi connectivity index (χ0n) is 14.2. The second-order valence-electron chi connectivity index (χ2n) is 5.85. The standard InChI is InChI=1S/C14H25N7O5/c15-14(16)18-5-1-2-8-13(26)20-9(6-19-8)12(25)11(24)7(21-17)3-4-10(22)23/h7-9,19,21H,1-6,17H2,(H,20,26)(H,22,23)(H4,15,16,18)/t7-,8-,9+/m0/s1. The van der Waals surface area contributed by atoms with E-state index < -0.39 is 41.6 Å². The lowest BCUT2D eigenvalue weighted by molar-refractivity contribution is -0.141. The topological polar surface area (TPSA) is 215 Å². The van der Waals surface area contributed by atoms with Crippen molar-refractivity contribution in [3.8, 4) is 0 Å². The van der Waals surface area contributed by atoms with Crippen LogP contribution in [-0.2, 0) is 19.2 Å². The Kier molecular flexibility index (Phi) is 8.61. The third kappa shape index (κ3) is 6.74. The largest absolute Gasteiger partial charge is 0.481 e. The number of nitrogens with zero attached hydrogens (tertiary/aromatic N) is 1. The maximum atomic E-state index is 12.2. The summed E-state index contributed by atoms with van der Waals surface area (Å²) in [6.07, 6.45) is 0.580. The fourth-order valence-electron chi connectivity index (χ4n) is 2.47. The van der Waals surface area contributed by atoms with Crippen LogP contribution >= 0.6 is 0 Å². The zero-order valence-corrected chi connectivity index (χ0v) is 14.2. The average molecular weight is 371 g/mol. The van der Waals surface area contributed by atoms with Gasteiger partial charge < -0.3 is 27.2 Å². The molecule has 0 saturated carbocycles. The Labute approximate surface area is 149 Å². The molecule has 0 aromatic heterocycles. The molecule has 0 aromatic rings. The first-order valence-corrected chi connectivity index (χ1v) is 8.11. The van der Waals surface area contributed by atoms with Gasteiger partial charge in [-0.15, -0.1) is 0 Å². The average Bonchev–Trinajstić information content (AvgIpc) is 2.58. The molecule has 0 radical (unpaired) electrons. The summed E-state index contributed by atoms with van der Waals surface area (Å²) in [5, 5.41) is 14.1. The van der Waals surface area contributed by atoms with Crippen LogP contribution in [0.3, 0.4) is 0 Å². The van der Waals surface area contributed by atoms with Crippen LogP contribution in [0.2, 0.25) is 0 Å². The predicted octanol–water partition coefficient (Wildman–Crippen LogP) is -3.67. The van der Waals surface area contributed by atoms with E-state index in [1.165, 1.54) is 0 Å². The SMILES string of the molecule is NN[C@@H](CCC(=O)O)C(=O)C(=O)[C@H]1CN[C@@H](CCCN=C(N)N)C(=O)N1. The second kappa shape index (κ2) is 10.4. The van der Waals surface area contributed by atoms with Gasteiger partial charge in [0.05, 0.1) is 12.1 Å². The predicted molar refractivity (Wildman–Crippen MR) is 91.6 cm³/mol. The number of hydrazine groups is 1. The highest BCUT2D eigenvalue weighted by Gasteiger charge is 2.36. The highest BCUT2D eigenvalue weighted by atomic mass is 16.4. The third-order valence-electron chi connectivity index (χ3n) is 3.87. The molecule has 12 nitrogen and oxygen atoms in total. The molecule has 0 aliphatic carbocycles. The van der Waals surface area contributed by atoms with E-state index in [-0.39, 0.29) is 25.3 Å². The number of carbonyl (C=O) groups excluding carboxylic acids is 3. The molecule has 26 heavy (non-hydrogen) atoms. The molecule has 1 aliphatic heterocycles. The van der Waals surface area contributed by atoms with Gasteiger partial charge >= 0.3 is 5.97 Å². The van der Waals surface area contributed by atoms with E-state index in [1.54, 1.807) is 0 Å². The van der Waals surface area contributed by atoms with Crippen molar-refractivity contribution in [2.24, 2.45) is 22.3 Å². The van der Waals surface area contributed by atoms with Crippen LogP contribution in [0.15, 0.2) is 4.99 Å². The van der Waals surface area contributed by atoms with Crippen LogP contribution in [0, 0.1) is 0 Å². The number of carbonyl (C=O) groups is 4. The van der Waals surface area contributed by atoms with Gasteiger partial charge in [0.15, 0.2) is 5.96 Å². The zero-order chi connectivity index (χ0) is 19.7. The number of amides is 1. The van der Waals surface area contributed by atoms with Crippen molar-refractivity contribution in [3.05, 3.63) is 0 Å². The van der Waals surface area contributed by atoms with E-state index in [1.807, 2.05) is 0 Å². The summed E-state index contributed by atoms with van der Waals surface area (Å²) in [5.74, 6) is 1.97. The van der Waals surface area contributed by atoms with E-state index in [0.717, 1.165) is 0 Å². The van der Waals surface area contributed by atoms with Crippen LogP contribution in [0.5, 0.6) is 0 Å². The van der Waals surface area contributed by atoms with Crippen molar-refractivity contribution >= 4 is 29.4 Å². The summed E-state index contributed by atoms with van der Waals surface area (Å²) in [7, 11) is 0. The number of nitrogens with two attached hydrogens (primary N) is 3. The van der Waals surface area contributed by atoms with Crippen LogP contribution in [0.25, 0.3) is 0 Å². The number of hydrogen-bond acceptors (Lipinski definition) is 8. The van der Waals surface area contributed by atoms with E-state index in [2.05, 4.69) is 21.1 Å². The number of Topliss-reactive ketones (excluding diaryl/α,β-unsaturated/α-hetero) is 2. The number of hydrogen-bond donors (Lipinski definition) is 7. The lowest BCUT2D eigenvalue weighted by atomic mass is 9.97. The van der Waals surface area contributed by atoms with Crippen LogP contribution in [0.1, 0.15) is 25.7 Å². The Morgan fingerprint density at radius 3 is 2.58 bits per heavy atom. The molecule has 1 rings (SSSR count). The fourth-order valence-corrected chi connectivity index (χ4v) is 2.47. The first-order valence-electron chi connectivity index (χ1n) is 8.11. The van der Waals surface area contributed by atoms with Gasteiger partial charge in [-0.2, -0.15) is 0 Å². The van der Waals surface area contributed by atoms with Gasteiger partial charge in [0, 0.05) is 19.5 Å². The summed E-state index contributed by atoms with van der Waals surface area (Å²) in [5.41, 5.74) is 12.6. The van der Waals surface area contributed by atoms with Gasteiger partial charge in [0.25, 0.3) is 0 Å². The quantitative estimate of drug-likeness (QED) is 0.0471. The first-order chi connectivity index (χ1) is 12.3. The normalized spacial score (nSPS) is 20.7. The minimum absolute atomic E-state index is 0.0267. The minimum Gasteiger partial charge on any atom is -0.481 e. The summed E-state index contributed by atoms with van der Waals surface area (Å²) in [6.45, 7) is 0.460. The van der Waals surface area contributed by atoms with Crippen LogP contribution in [-0.4, -0.2) is 65.7 Å². The monoisotopic (exact) mass is 371 g/mol. The molecule has 146 valence electrons. The molecule has 0 aromatic carbocycles. The Morgan fingerprint density at radius 2 is 2.04 bits per heavy atom. The fraction of sp³-hybridized carbons (Fsp3) is 0.643. The van der Waals surface area contributed by atoms with Crippen molar-refractivity contribution in [2.75, 3.05) is 13.1 Å². The first kappa shape index (κ1) is 21.5. The molecule has 1 amide bonds. The summed E-state index contributed by atoms with van der Waals surface area (Å²) in [6, 6.07) is -2.66. The molecule has 12 heteroatoms. The highest BCUT2D eigenvalue weighted by Crippen LogP contribution is 2.07. The third-order valence-corrected chi connectivity index (χ3v) is 3.87. The van der Waals surface area contributed by atoms with Crippen LogP contribution in [0.4, 0.5) is 0 Å². The van der Waals surface area contributed by atoms with Gasteiger partial charge in [0.1, 0.15) is 6.04 Å². The van der Waals surface area contributed by atoms with E-state index in [0.29, 0.717) is 19.4 Å². The molecular formula is C14H25N7O5. The molecule has 1 aliphatic rings. The van der Waals surface area contributed by atoms with Crippen molar-refractivity contribution in [1.82, 2.24) is 16.1 Å². The maximum absolute atomic E-state index is 12.2. The summed E-state index contributed by atoms with van der Waals surface area (Å²) < 4.78 is 0. The van der Waals surface area contributed by atoms with Gasteiger partial charge in [-0.25, -0.2) is 5.43 Å². The van der Waals surface area contributed by atoms with Crippen molar-refractivity contribution in [1.29, 1.82) is 0 Å². The number of aliphatic carboxylic acids is 1. The molecule has 1 saturated heterocycles. The van der Waals surface area contributed by atoms with E-state index in [9.17, 15) is 19.2 Å². The minimum atomic E-state index is -1.12. The smallest absolute Gasteiger partial charge is 0.303 e. The second-order valence-corrected chi connectivity index (χ2v) is 5.85. The molecule has 3 atom stereocenters. The molecule has 1 fully saturated rings. The molecule has 0 spiro atoms. The van der Waals surface area contributed by atoms with Gasteiger partial charge in [0.2, 0.25) is 17.5 Å². The number of nitrogens with one attached hydrogen (secondary N) is 3. The Hall–Kier alpha value is -2.57. The van der Waals surface area contributed by atoms with E-state index in [4.69, 9.17) is 22.4 Å². The number of piperazine rings is 1. The number of aliphatic imine (C=N–C) groups is 1. The van der Waals surface area contributed by atoms with Crippen molar-refractivity contribution in [3.63, 3.8) is 0 Å². The van der Waals surface area contributed by atoms with Crippen LogP contribution < -0.4 is 33.4 Å². The van der Waals surface area contributed by atoms with Gasteiger partial charge in [-0.1, -0.05) is 0 Å². The lowest BCUT2D eigenvalue weighted by Gasteiger charge is -2.29. The molecule has 0 bridgehead atoms. The van der Waals surface area contributed by atoms with E-state index >= 15 is 0 Å². The Bertz CT molecular complexity index is 576. The maximum Gasteiger partial charge on any atom is 0.303 e. The molecular weight excluding hydrogens is 346 g/mol. The van der Waals surface area contributed by atoms with Crippen molar-refractivity contribution in [2.45, 2.75) is 43.8 Å². The number of carboxylic acids is 1. The highest BCUT2D eigenvalue weighted by molar-refractivity contribution is 6.41. The number of carboxylic acid groups (broad SMARTS) is 1. The number of guanidine groups is 1. The lowest BCUT2D eigenvalue weighted by Crippen LogP contribution is -2.63. The summed E-state index contributed by atoms with van der Waals surface area (Å²) in [4.78, 5) is 50.9. The Morgan fingerprint density at radius 1 is 1.35 bits per heavy atom. The number of ketones is 2. The number of rotatable bonds is 11.